The van der Waals surface area contributed by atoms with E-state index in [0.717, 1.165) is 16.6 Å². The van der Waals surface area contributed by atoms with Gasteiger partial charge in [-0.25, -0.2) is 0 Å². The highest BCUT2D eigenvalue weighted by molar-refractivity contribution is 5.86. The molecule has 0 aliphatic heterocycles. The maximum Gasteiger partial charge on any atom is 0.240 e. The number of fused-ring (bicyclic) bond motifs is 1. The van der Waals surface area contributed by atoms with E-state index in [1.165, 1.54) is 6.92 Å². The summed E-state index contributed by atoms with van der Waals surface area (Å²) in [6.45, 7) is 1.35. The van der Waals surface area contributed by atoms with Crippen molar-refractivity contribution in [3.8, 4) is 0 Å². The number of primary amides is 1. The van der Waals surface area contributed by atoms with Gasteiger partial charge in [0.05, 0.1) is 5.52 Å². The van der Waals surface area contributed by atoms with E-state index in [4.69, 9.17) is 5.73 Å². The first-order valence-corrected chi connectivity index (χ1v) is 5.97. The second-order valence-electron chi connectivity index (χ2n) is 4.35. The number of carbonyl (C=O) groups excluding carboxylic acids is 2. The Hall–Kier alpha value is -2.43. The van der Waals surface area contributed by atoms with Crippen molar-refractivity contribution < 1.29 is 9.59 Å². The molecule has 0 saturated carbocycles. The molecule has 0 fully saturated rings. The summed E-state index contributed by atoms with van der Waals surface area (Å²) >= 11 is 0. The van der Waals surface area contributed by atoms with Crippen LogP contribution in [0.5, 0.6) is 0 Å². The topological polar surface area (TPSA) is 85.1 Å². The van der Waals surface area contributed by atoms with Crippen LogP contribution in [0.4, 0.5) is 0 Å². The van der Waals surface area contributed by atoms with Crippen LogP contribution in [-0.2, 0) is 16.0 Å². The average Bonchev–Trinajstić information content (AvgIpc) is 2.37. The molecule has 1 atom stereocenters. The standard InChI is InChI=1S/C14H15N3O2/c1-9(18)16-13(14(15)19)8-11-7-6-10-4-2-3-5-12(10)17-11/h2-7,13H,8H2,1H3,(H2,15,19)(H,16,18)/t13-/m1/s1. The predicted octanol–water partition coefficient (Wildman–Crippen LogP) is 0.767. The number of nitrogens with one attached hydrogen (secondary N) is 1. The number of benzene rings is 1. The molecule has 2 rings (SSSR count). The van der Waals surface area contributed by atoms with Gasteiger partial charge in [-0.15, -0.1) is 0 Å². The SMILES string of the molecule is CC(=O)N[C@H](Cc1ccc2ccccc2n1)C(N)=O. The average molecular weight is 257 g/mol. The lowest BCUT2D eigenvalue weighted by Crippen LogP contribution is -2.45. The monoisotopic (exact) mass is 257 g/mol. The molecule has 1 heterocycles. The lowest BCUT2D eigenvalue weighted by Gasteiger charge is -2.13. The van der Waals surface area contributed by atoms with Gasteiger partial charge >= 0.3 is 0 Å². The van der Waals surface area contributed by atoms with Gasteiger partial charge in [0.25, 0.3) is 0 Å². The summed E-state index contributed by atoms with van der Waals surface area (Å²) in [4.78, 5) is 26.8. The van der Waals surface area contributed by atoms with Crippen molar-refractivity contribution in [2.24, 2.45) is 5.73 Å². The molecule has 0 spiro atoms. The maximum absolute atomic E-state index is 11.3. The number of amides is 2. The number of rotatable bonds is 4. The van der Waals surface area contributed by atoms with Crippen LogP contribution < -0.4 is 11.1 Å². The molecule has 0 unspecified atom stereocenters. The second kappa shape index (κ2) is 5.48. The Morgan fingerprint density at radius 3 is 2.68 bits per heavy atom. The Labute approximate surface area is 110 Å². The predicted molar refractivity (Wildman–Crippen MR) is 72.2 cm³/mol. The largest absolute Gasteiger partial charge is 0.368 e. The molecule has 98 valence electrons. The van der Waals surface area contributed by atoms with Crippen molar-refractivity contribution >= 4 is 22.7 Å². The van der Waals surface area contributed by atoms with Gasteiger partial charge in [0.1, 0.15) is 6.04 Å². The fraction of sp³-hybridized carbons (Fsp3) is 0.214. The van der Waals surface area contributed by atoms with E-state index in [9.17, 15) is 9.59 Å². The number of pyridine rings is 1. The molecule has 0 saturated heterocycles. The van der Waals surface area contributed by atoms with E-state index < -0.39 is 11.9 Å². The fourth-order valence-corrected chi connectivity index (χ4v) is 1.90. The summed E-state index contributed by atoms with van der Waals surface area (Å²) in [5, 5.41) is 3.55. The molecule has 0 aliphatic rings. The van der Waals surface area contributed by atoms with Crippen molar-refractivity contribution in [1.82, 2.24) is 10.3 Å². The summed E-state index contributed by atoms with van der Waals surface area (Å²) in [6.07, 6.45) is 0.291. The number of carbonyl (C=O) groups is 2. The molecule has 19 heavy (non-hydrogen) atoms. The highest BCUT2D eigenvalue weighted by atomic mass is 16.2. The Bertz CT molecular complexity index is 625. The third kappa shape index (κ3) is 3.28. The number of hydrogen-bond acceptors (Lipinski definition) is 3. The first kappa shape index (κ1) is 13.0. The first-order valence-electron chi connectivity index (χ1n) is 5.97. The second-order valence-corrected chi connectivity index (χ2v) is 4.35. The van der Waals surface area contributed by atoms with Crippen molar-refractivity contribution in [3.05, 3.63) is 42.1 Å². The Kier molecular flexibility index (Phi) is 3.75. The molecule has 2 aromatic rings. The van der Waals surface area contributed by atoms with E-state index in [1.54, 1.807) is 0 Å². The fourth-order valence-electron chi connectivity index (χ4n) is 1.90. The summed E-state index contributed by atoms with van der Waals surface area (Å²) < 4.78 is 0. The highest BCUT2D eigenvalue weighted by Crippen LogP contribution is 2.12. The molecule has 1 aromatic heterocycles. The highest BCUT2D eigenvalue weighted by Gasteiger charge is 2.17. The Morgan fingerprint density at radius 2 is 2.00 bits per heavy atom. The van der Waals surface area contributed by atoms with Gasteiger partial charge in [0, 0.05) is 24.4 Å². The molecule has 5 heteroatoms. The normalized spacial score (nSPS) is 12.1. The van der Waals surface area contributed by atoms with Crippen molar-refractivity contribution in [2.45, 2.75) is 19.4 Å². The smallest absolute Gasteiger partial charge is 0.240 e. The zero-order valence-electron chi connectivity index (χ0n) is 10.6. The number of aromatic nitrogens is 1. The van der Waals surface area contributed by atoms with Crippen LogP contribution in [0.3, 0.4) is 0 Å². The molecule has 2 amide bonds. The molecule has 0 radical (unpaired) electrons. The van der Waals surface area contributed by atoms with Crippen LogP contribution in [0.15, 0.2) is 36.4 Å². The summed E-state index contributed by atoms with van der Waals surface area (Å²) in [6, 6.07) is 10.7. The Balaban J connectivity index is 2.23. The van der Waals surface area contributed by atoms with Crippen LogP contribution in [-0.4, -0.2) is 22.8 Å². The molecular formula is C14H15N3O2. The van der Waals surface area contributed by atoms with Gasteiger partial charge in [-0.05, 0) is 12.1 Å². The van der Waals surface area contributed by atoms with Crippen LogP contribution in [0.2, 0.25) is 0 Å². The number of nitrogens with two attached hydrogens (primary N) is 1. The molecule has 1 aromatic carbocycles. The number of nitrogens with zero attached hydrogens (tertiary/aromatic N) is 1. The molecule has 5 nitrogen and oxygen atoms in total. The van der Waals surface area contributed by atoms with E-state index in [-0.39, 0.29) is 5.91 Å². The van der Waals surface area contributed by atoms with E-state index in [0.29, 0.717) is 6.42 Å². The third-order valence-corrected chi connectivity index (χ3v) is 2.79. The summed E-state index contributed by atoms with van der Waals surface area (Å²) in [7, 11) is 0. The van der Waals surface area contributed by atoms with Gasteiger partial charge in [0.15, 0.2) is 0 Å². The quantitative estimate of drug-likeness (QED) is 0.848. The molecular weight excluding hydrogens is 242 g/mol. The van der Waals surface area contributed by atoms with Crippen LogP contribution in [0.1, 0.15) is 12.6 Å². The summed E-state index contributed by atoms with van der Waals surface area (Å²) in [5.41, 5.74) is 6.84. The van der Waals surface area contributed by atoms with Crippen LogP contribution >= 0.6 is 0 Å². The van der Waals surface area contributed by atoms with Gasteiger partial charge in [0.2, 0.25) is 11.8 Å². The van der Waals surface area contributed by atoms with E-state index >= 15 is 0 Å². The number of hydrogen-bond donors (Lipinski definition) is 2. The van der Waals surface area contributed by atoms with Crippen molar-refractivity contribution in [2.75, 3.05) is 0 Å². The zero-order chi connectivity index (χ0) is 13.8. The summed E-state index contributed by atoms with van der Waals surface area (Å²) in [5.74, 6) is -0.852. The van der Waals surface area contributed by atoms with E-state index in [2.05, 4.69) is 10.3 Å². The lowest BCUT2D eigenvalue weighted by atomic mass is 10.1. The van der Waals surface area contributed by atoms with Gasteiger partial charge < -0.3 is 11.1 Å². The van der Waals surface area contributed by atoms with E-state index in [1.807, 2.05) is 36.4 Å². The van der Waals surface area contributed by atoms with Crippen molar-refractivity contribution in [1.29, 1.82) is 0 Å². The molecule has 3 N–H and O–H groups in total. The zero-order valence-corrected chi connectivity index (χ0v) is 10.6. The van der Waals surface area contributed by atoms with Crippen LogP contribution in [0, 0.1) is 0 Å². The lowest BCUT2D eigenvalue weighted by molar-refractivity contribution is -0.126. The van der Waals surface area contributed by atoms with Crippen molar-refractivity contribution in [3.63, 3.8) is 0 Å². The first-order chi connectivity index (χ1) is 9.06. The minimum atomic E-state index is -0.730. The molecule has 0 aliphatic carbocycles. The minimum Gasteiger partial charge on any atom is -0.368 e. The maximum atomic E-state index is 11.3. The van der Waals surface area contributed by atoms with Gasteiger partial charge in [-0.2, -0.15) is 0 Å². The Morgan fingerprint density at radius 1 is 1.26 bits per heavy atom. The van der Waals surface area contributed by atoms with Crippen LogP contribution in [0.25, 0.3) is 10.9 Å². The van der Waals surface area contributed by atoms with Gasteiger partial charge in [-0.1, -0.05) is 24.3 Å². The van der Waals surface area contributed by atoms with Gasteiger partial charge in [-0.3, -0.25) is 14.6 Å². The minimum absolute atomic E-state index is 0.287. The molecule has 0 bridgehead atoms. The third-order valence-electron chi connectivity index (χ3n) is 2.79. The number of para-hydroxylation sites is 1.